The number of halogens is 3. The van der Waals surface area contributed by atoms with Gasteiger partial charge in [-0.25, -0.2) is 9.07 Å². The molecule has 2 N–H and O–H groups in total. The van der Waals surface area contributed by atoms with Crippen LogP contribution in [0.4, 0.5) is 21.5 Å². The van der Waals surface area contributed by atoms with Crippen LogP contribution < -0.4 is 10.6 Å². The average Bonchev–Trinajstić information content (AvgIpc) is 3.77. The minimum absolute atomic E-state index is 0.0278. The molecule has 0 amide bonds. The second-order valence-corrected chi connectivity index (χ2v) is 15.0. The Morgan fingerprint density at radius 1 is 1.04 bits per heavy atom. The molecule has 50 heavy (non-hydrogen) atoms. The summed E-state index contributed by atoms with van der Waals surface area (Å²) in [7, 11) is 0. The summed E-state index contributed by atoms with van der Waals surface area (Å²) in [5.41, 5.74) is 7.25. The normalized spacial score (nSPS) is 16.4. The van der Waals surface area contributed by atoms with E-state index in [1.54, 1.807) is 6.07 Å². The van der Waals surface area contributed by atoms with Gasteiger partial charge in [-0.15, -0.1) is 5.10 Å². The number of rotatable bonds is 8. The number of hydrogen-bond acceptors (Lipinski definition) is 8. The van der Waals surface area contributed by atoms with E-state index in [1.807, 2.05) is 16.8 Å². The van der Waals surface area contributed by atoms with Crippen molar-refractivity contribution in [1.82, 2.24) is 29.8 Å². The van der Waals surface area contributed by atoms with Crippen molar-refractivity contribution in [2.75, 3.05) is 30.3 Å². The standard InChI is InChI=1S/C38H40Cl2FN9/c1-5-48-20-23-7-6-8-28(30(23)21-48)37(34-22-50(47-46-34)27-11-13-49(14-12-27)38(2,3)4)45-26-15-29-35(44-25-9-10-33(41)31(39)16-25)24(18-42)19-43-36(29)32(40)17-26/h6-10,15-17,19,22,27,37,45H,5,11-14,20-21H2,1-4H3,(H,43,44). The van der Waals surface area contributed by atoms with Crippen molar-refractivity contribution in [3.8, 4) is 6.07 Å². The van der Waals surface area contributed by atoms with Gasteiger partial charge in [-0.3, -0.25) is 14.8 Å². The van der Waals surface area contributed by atoms with Gasteiger partial charge < -0.3 is 10.6 Å². The highest BCUT2D eigenvalue weighted by molar-refractivity contribution is 6.36. The lowest BCUT2D eigenvalue weighted by Gasteiger charge is -2.40. The number of likely N-dealkylation sites (tertiary alicyclic amines) is 1. The van der Waals surface area contributed by atoms with Crippen molar-refractivity contribution in [1.29, 1.82) is 5.26 Å². The number of pyridine rings is 1. The van der Waals surface area contributed by atoms with Gasteiger partial charge in [0.15, 0.2) is 0 Å². The van der Waals surface area contributed by atoms with Crippen LogP contribution in [-0.2, 0) is 13.1 Å². The number of fused-ring (bicyclic) bond motifs is 2. The van der Waals surface area contributed by atoms with E-state index in [1.165, 1.54) is 29.5 Å². The summed E-state index contributed by atoms with van der Waals surface area (Å²) in [5, 5.41) is 27.5. The van der Waals surface area contributed by atoms with Crippen molar-refractivity contribution in [2.24, 2.45) is 0 Å². The maximum atomic E-state index is 14.0. The summed E-state index contributed by atoms with van der Waals surface area (Å²) in [6, 6.07) is 16.8. The molecule has 2 aliphatic rings. The van der Waals surface area contributed by atoms with Gasteiger partial charge in [-0.1, -0.05) is 53.5 Å². The zero-order valence-corrected chi connectivity index (χ0v) is 30.2. The lowest BCUT2D eigenvalue weighted by molar-refractivity contribution is 0.0866. The lowest BCUT2D eigenvalue weighted by atomic mass is 9.95. The summed E-state index contributed by atoms with van der Waals surface area (Å²) >= 11 is 13.0. The molecule has 1 unspecified atom stereocenters. The predicted octanol–water partition coefficient (Wildman–Crippen LogP) is 8.86. The molecule has 3 aromatic carbocycles. The molecule has 2 aliphatic heterocycles. The fraction of sp³-hybridized carbons (Fsp3) is 0.368. The van der Waals surface area contributed by atoms with Gasteiger partial charge in [0.2, 0.25) is 0 Å². The summed E-state index contributed by atoms with van der Waals surface area (Å²) in [4.78, 5) is 9.47. The minimum Gasteiger partial charge on any atom is -0.373 e. The third kappa shape index (κ3) is 6.75. The van der Waals surface area contributed by atoms with Crippen LogP contribution in [0.2, 0.25) is 10.0 Å². The Morgan fingerprint density at radius 3 is 2.54 bits per heavy atom. The number of nitrogens with zero attached hydrogens (tertiary/aromatic N) is 7. The second kappa shape index (κ2) is 13.8. The molecule has 1 saturated heterocycles. The van der Waals surface area contributed by atoms with Crippen LogP contribution in [0, 0.1) is 17.1 Å². The minimum atomic E-state index is -0.528. The third-order valence-electron chi connectivity index (χ3n) is 10.00. The molecule has 5 aromatic rings. The van der Waals surface area contributed by atoms with E-state index in [0.717, 1.165) is 62.5 Å². The summed E-state index contributed by atoms with van der Waals surface area (Å²) < 4.78 is 16.0. The number of hydrogen-bond donors (Lipinski definition) is 2. The lowest BCUT2D eigenvalue weighted by Crippen LogP contribution is -2.46. The first-order valence-corrected chi connectivity index (χ1v) is 17.8. The third-order valence-corrected chi connectivity index (χ3v) is 10.6. The van der Waals surface area contributed by atoms with Crippen LogP contribution in [0.5, 0.6) is 0 Å². The largest absolute Gasteiger partial charge is 0.373 e. The first kappa shape index (κ1) is 34.2. The molecule has 1 atom stereocenters. The van der Waals surface area contributed by atoms with E-state index in [4.69, 9.17) is 28.3 Å². The van der Waals surface area contributed by atoms with Crippen molar-refractivity contribution in [3.05, 3.63) is 105 Å². The highest BCUT2D eigenvalue weighted by Crippen LogP contribution is 2.39. The molecule has 4 heterocycles. The Morgan fingerprint density at radius 2 is 1.82 bits per heavy atom. The van der Waals surface area contributed by atoms with Crippen LogP contribution in [0.3, 0.4) is 0 Å². The zero-order valence-electron chi connectivity index (χ0n) is 28.6. The number of anilines is 3. The Bertz CT molecular complexity index is 2090. The number of nitriles is 1. The fourth-order valence-electron chi connectivity index (χ4n) is 7.17. The molecule has 0 spiro atoms. The van der Waals surface area contributed by atoms with Gasteiger partial charge >= 0.3 is 0 Å². The molecule has 7 rings (SSSR count). The fourth-order valence-corrected chi connectivity index (χ4v) is 7.62. The molecule has 258 valence electrons. The summed E-state index contributed by atoms with van der Waals surface area (Å²) in [6.45, 7) is 13.7. The number of piperidine rings is 1. The van der Waals surface area contributed by atoms with Crippen LogP contribution >= 0.6 is 23.2 Å². The quantitative estimate of drug-likeness (QED) is 0.165. The van der Waals surface area contributed by atoms with Crippen LogP contribution in [-0.4, -0.2) is 55.0 Å². The number of benzene rings is 3. The van der Waals surface area contributed by atoms with Gasteiger partial charge in [-0.2, -0.15) is 5.26 Å². The van der Waals surface area contributed by atoms with Crippen molar-refractivity contribution in [2.45, 2.75) is 71.2 Å². The summed E-state index contributed by atoms with van der Waals surface area (Å²) in [5.74, 6) is -0.528. The van der Waals surface area contributed by atoms with Crippen molar-refractivity contribution in [3.63, 3.8) is 0 Å². The Labute approximate surface area is 302 Å². The molecule has 12 heteroatoms. The molecular weight excluding hydrogens is 672 g/mol. The van der Waals surface area contributed by atoms with E-state index < -0.39 is 5.82 Å². The maximum absolute atomic E-state index is 14.0. The number of nitrogens with one attached hydrogen (secondary N) is 2. The first-order valence-electron chi connectivity index (χ1n) is 17.0. The van der Waals surface area contributed by atoms with Crippen LogP contribution in [0.1, 0.15) is 80.6 Å². The highest BCUT2D eigenvalue weighted by Gasteiger charge is 2.31. The molecule has 2 aromatic heterocycles. The van der Waals surface area contributed by atoms with E-state index in [9.17, 15) is 9.65 Å². The Balaban J connectivity index is 1.28. The SMILES string of the molecule is CCN1Cc2cccc(C(Nc3cc(Cl)c4ncc(C#N)c(Nc5ccc(F)c(Cl)c5)c4c3)c3cn(C4CCN(C(C)(C)C)CC4)nn3)c2C1. The smallest absolute Gasteiger partial charge is 0.141 e. The van der Waals surface area contributed by atoms with Gasteiger partial charge in [0.05, 0.1) is 45.1 Å². The molecule has 0 bridgehead atoms. The topological polar surface area (TPSA) is 97.9 Å². The number of aromatic nitrogens is 4. The molecule has 9 nitrogen and oxygen atoms in total. The van der Waals surface area contributed by atoms with Crippen molar-refractivity contribution < 1.29 is 4.39 Å². The molecule has 0 saturated carbocycles. The van der Waals surface area contributed by atoms with E-state index in [0.29, 0.717) is 32.9 Å². The second-order valence-electron chi connectivity index (χ2n) is 14.1. The Kier molecular flexibility index (Phi) is 9.44. The zero-order chi connectivity index (χ0) is 35.2. The van der Waals surface area contributed by atoms with Gasteiger partial charge in [0.1, 0.15) is 17.6 Å². The molecule has 1 fully saturated rings. The van der Waals surface area contributed by atoms with Crippen molar-refractivity contribution >= 4 is 51.2 Å². The van der Waals surface area contributed by atoms with E-state index >= 15 is 0 Å². The van der Waals surface area contributed by atoms with Gasteiger partial charge in [-0.05, 0) is 87.2 Å². The maximum Gasteiger partial charge on any atom is 0.141 e. The Hall–Kier alpha value is -4.27. The van der Waals surface area contributed by atoms with E-state index in [2.05, 4.69) is 88.8 Å². The van der Waals surface area contributed by atoms with Gasteiger partial charge in [0, 0.05) is 54.7 Å². The molecular formula is C38H40Cl2FN9. The van der Waals surface area contributed by atoms with Gasteiger partial charge in [0.25, 0.3) is 0 Å². The molecule has 0 aliphatic carbocycles. The highest BCUT2D eigenvalue weighted by atomic mass is 35.5. The van der Waals surface area contributed by atoms with Crippen LogP contribution in [0.15, 0.2) is 60.9 Å². The van der Waals surface area contributed by atoms with Crippen LogP contribution in [0.25, 0.3) is 10.9 Å². The van der Waals surface area contributed by atoms with E-state index in [-0.39, 0.29) is 22.6 Å². The monoisotopic (exact) mass is 711 g/mol. The average molecular weight is 713 g/mol. The first-order chi connectivity index (χ1) is 24.0. The summed E-state index contributed by atoms with van der Waals surface area (Å²) in [6.07, 6.45) is 5.58. The molecule has 0 radical (unpaired) electrons. The predicted molar refractivity (Wildman–Crippen MR) is 197 cm³/mol.